The highest BCUT2D eigenvalue weighted by Gasteiger charge is 2.39. The van der Waals surface area contributed by atoms with Crippen molar-refractivity contribution in [1.29, 1.82) is 0 Å². The fourth-order valence-electron chi connectivity index (χ4n) is 3.74. The molecule has 0 N–H and O–H groups in total. The van der Waals surface area contributed by atoms with Crippen molar-refractivity contribution in [3.05, 3.63) is 47.8 Å². The minimum atomic E-state index is 0.123. The average molecular weight is 336 g/mol. The normalized spacial score (nSPS) is 19.9. The first-order valence-corrected chi connectivity index (χ1v) is 9.09. The zero-order valence-electron chi connectivity index (χ0n) is 14.9. The molecule has 2 fully saturated rings. The molecule has 1 amide bonds. The summed E-state index contributed by atoms with van der Waals surface area (Å²) in [7, 11) is 1.68. The summed E-state index contributed by atoms with van der Waals surface area (Å²) in [5.74, 6) is 1.44. The van der Waals surface area contributed by atoms with Gasteiger partial charge in [-0.2, -0.15) is 0 Å². The number of carbonyl (C=O) groups excluding carboxylic acids is 1. The number of aryl methyl sites for hydroxylation is 1. The maximum absolute atomic E-state index is 12.6. The van der Waals surface area contributed by atoms with Crippen LogP contribution in [0.4, 0.5) is 0 Å². The summed E-state index contributed by atoms with van der Waals surface area (Å²) in [5, 5.41) is 0. The number of pyridine rings is 1. The van der Waals surface area contributed by atoms with Crippen molar-refractivity contribution in [1.82, 2.24) is 9.88 Å². The van der Waals surface area contributed by atoms with Crippen molar-refractivity contribution < 1.29 is 9.53 Å². The third-order valence-electron chi connectivity index (χ3n) is 5.18. The molecule has 4 heteroatoms. The number of nitrogens with zero attached hydrogens (tertiary/aromatic N) is 2. The zero-order chi connectivity index (χ0) is 17.4. The average Bonchev–Trinajstić information content (AvgIpc) is 3.37. The molecule has 0 bridgehead atoms. The molecule has 2 heterocycles. The second-order valence-electron chi connectivity index (χ2n) is 7.12. The van der Waals surface area contributed by atoms with Gasteiger partial charge in [0.2, 0.25) is 5.91 Å². The lowest BCUT2D eigenvalue weighted by molar-refractivity contribution is -0.133. The summed E-state index contributed by atoms with van der Waals surface area (Å²) in [4.78, 5) is 19.4. The molecule has 1 saturated carbocycles. The van der Waals surface area contributed by atoms with Gasteiger partial charge in [-0.25, -0.2) is 0 Å². The molecule has 1 aromatic heterocycles. The second-order valence-corrected chi connectivity index (χ2v) is 7.12. The van der Waals surface area contributed by atoms with Gasteiger partial charge in [0.1, 0.15) is 5.75 Å². The van der Waals surface area contributed by atoms with E-state index in [0.717, 1.165) is 60.5 Å². The van der Waals surface area contributed by atoms with Gasteiger partial charge >= 0.3 is 0 Å². The van der Waals surface area contributed by atoms with E-state index in [1.54, 1.807) is 7.11 Å². The van der Waals surface area contributed by atoms with Crippen LogP contribution in [0.5, 0.6) is 5.75 Å². The minimum Gasteiger partial charge on any atom is -0.497 e. The van der Waals surface area contributed by atoms with Crippen LogP contribution in [-0.2, 0) is 4.79 Å². The van der Waals surface area contributed by atoms with Crippen LogP contribution in [0.3, 0.4) is 0 Å². The molecular formula is C21H24N2O2. The van der Waals surface area contributed by atoms with Crippen molar-refractivity contribution in [2.75, 3.05) is 13.7 Å². The number of rotatable bonds is 4. The first kappa shape index (κ1) is 16.1. The molecule has 1 saturated heterocycles. The SMILES string of the molecule is COc1cccc(-c2cc(C)nc(C3CCCN3C(=O)C3CC3)c2)c1. The van der Waals surface area contributed by atoms with Gasteiger partial charge in [-0.05, 0) is 68.0 Å². The summed E-state index contributed by atoms with van der Waals surface area (Å²) < 4.78 is 5.35. The van der Waals surface area contributed by atoms with Crippen molar-refractivity contribution in [2.45, 2.75) is 38.6 Å². The summed E-state index contributed by atoms with van der Waals surface area (Å²) >= 11 is 0. The molecule has 1 unspecified atom stereocenters. The Bertz CT molecular complexity index is 798. The fourth-order valence-corrected chi connectivity index (χ4v) is 3.74. The molecule has 4 rings (SSSR count). The molecule has 2 aromatic rings. The number of carbonyl (C=O) groups is 1. The maximum Gasteiger partial charge on any atom is 0.226 e. The Balaban J connectivity index is 1.68. The number of likely N-dealkylation sites (tertiary alicyclic amines) is 1. The Morgan fingerprint density at radius 2 is 2.00 bits per heavy atom. The molecule has 130 valence electrons. The van der Waals surface area contributed by atoms with Gasteiger partial charge in [0.25, 0.3) is 0 Å². The predicted molar refractivity (Wildman–Crippen MR) is 97.4 cm³/mol. The molecule has 1 atom stereocenters. The van der Waals surface area contributed by atoms with E-state index in [0.29, 0.717) is 5.91 Å². The second kappa shape index (κ2) is 6.51. The minimum absolute atomic E-state index is 0.123. The number of ether oxygens (including phenoxy) is 1. The Kier molecular flexibility index (Phi) is 4.20. The van der Waals surface area contributed by atoms with Crippen molar-refractivity contribution in [2.24, 2.45) is 5.92 Å². The van der Waals surface area contributed by atoms with Crippen molar-refractivity contribution in [3.8, 4) is 16.9 Å². The van der Waals surface area contributed by atoms with Crippen LogP contribution in [0, 0.1) is 12.8 Å². The van der Waals surface area contributed by atoms with Crippen LogP contribution in [0.2, 0.25) is 0 Å². The highest BCUT2D eigenvalue weighted by Crippen LogP contribution is 2.39. The number of amides is 1. The molecule has 0 spiro atoms. The number of aromatic nitrogens is 1. The van der Waals surface area contributed by atoms with E-state index in [9.17, 15) is 4.79 Å². The lowest BCUT2D eigenvalue weighted by atomic mass is 10.0. The first-order valence-electron chi connectivity index (χ1n) is 9.09. The molecular weight excluding hydrogens is 312 g/mol. The first-order chi connectivity index (χ1) is 12.2. The lowest BCUT2D eigenvalue weighted by Gasteiger charge is -2.25. The van der Waals surface area contributed by atoms with E-state index in [1.165, 1.54) is 0 Å². The number of methoxy groups -OCH3 is 1. The third-order valence-corrected chi connectivity index (χ3v) is 5.18. The standard InChI is InChI=1S/C21H24N2O2/c1-14-11-17(16-5-3-6-18(12-16)25-2)13-19(22-14)20-7-4-10-23(20)21(24)15-8-9-15/h3,5-6,11-13,15,20H,4,7-10H2,1-2H3. The third kappa shape index (κ3) is 3.26. The molecule has 1 aromatic carbocycles. The highest BCUT2D eigenvalue weighted by atomic mass is 16.5. The smallest absolute Gasteiger partial charge is 0.226 e. The van der Waals surface area contributed by atoms with E-state index in [1.807, 2.05) is 25.1 Å². The van der Waals surface area contributed by atoms with E-state index < -0.39 is 0 Å². The van der Waals surface area contributed by atoms with E-state index >= 15 is 0 Å². The van der Waals surface area contributed by atoms with Gasteiger partial charge in [-0.3, -0.25) is 9.78 Å². The Hall–Kier alpha value is -2.36. The van der Waals surface area contributed by atoms with E-state index in [-0.39, 0.29) is 12.0 Å². The highest BCUT2D eigenvalue weighted by molar-refractivity contribution is 5.81. The monoisotopic (exact) mass is 336 g/mol. The van der Waals surface area contributed by atoms with Gasteiger partial charge in [0.05, 0.1) is 18.8 Å². The largest absolute Gasteiger partial charge is 0.497 e. The topological polar surface area (TPSA) is 42.4 Å². The predicted octanol–water partition coefficient (Wildman–Crippen LogP) is 4.14. The van der Waals surface area contributed by atoms with Crippen LogP contribution in [-0.4, -0.2) is 29.4 Å². The van der Waals surface area contributed by atoms with Gasteiger partial charge in [0.15, 0.2) is 0 Å². The van der Waals surface area contributed by atoms with Crippen molar-refractivity contribution >= 4 is 5.91 Å². The Morgan fingerprint density at radius 3 is 2.76 bits per heavy atom. The zero-order valence-corrected chi connectivity index (χ0v) is 14.9. The van der Waals surface area contributed by atoms with Gasteiger partial charge < -0.3 is 9.64 Å². The number of hydrogen-bond donors (Lipinski definition) is 0. The van der Waals surface area contributed by atoms with Gasteiger partial charge in [-0.15, -0.1) is 0 Å². The van der Waals surface area contributed by atoms with Crippen LogP contribution in [0.15, 0.2) is 36.4 Å². The Labute approximate surface area is 148 Å². The quantitative estimate of drug-likeness (QED) is 0.843. The molecule has 1 aliphatic carbocycles. The summed E-state index contributed by atoms with van der Waals surface area (Å²) in [5.41, 5.74) is 4.25. The van der Waals surface area contributed by atoms with Crippen LogP contribution >= 0.6 is 0 Å². The molecule has 25 heavy (non-hydrogen) atoms. The molecule has 4 nitrogen and oxygen atoms in total. The molecule has 2 aliphatic rings. The Morgan fingerprint density at radius 1 is 1.16 bits per heavy atom. The number of benzene rings is 1. The van der Waals surface area contributed by atoms with Crippen LogP contribution in [0.1, 0.15) is 43.1 Å². The molecule has 0 radical (unpaired) electrons. The van der Waals surface area contributed by atoms with Gasteiger partial charge in [0, 0.05) is 18.2 Å². The summed E-state index contributed by atoms with van der Waals surface area (Å²) in [6, 6.07) is 12.4. The fraction of sp³-hybridized carbons (Fsp3) is 0.429. The van der Waals surface area contributed by atoms with Crippen LogP contribution in [0.25, 0.3) is 11.1 Å². The maximum atomic E-state index is 12.6. The summed E-state index contributed by atoms with van der Waals surface area (Å²) in [6.45, 7) is 2.89. The summed E-state index contributed by atoms with van der Waals surface area (Å²) in [6.07, 6.45) is 4.18. The van der Waals surface area contributed by atoms with E-state index in [4.69, 9.17) is 9.72 Å². The molecule has 1 aliphatic heterocycles. The van der Waals surface area contributed by atoms with Crippen LogP contribution < -0.4 is 4.74 Å². The van der Waals surface area contributed by atoms with Gasteiger partial charge in [-0.1, -0.05) is 12.1 Å². The number of hydrogen-bond acceptors (Lipinski definition) is 3. The van der Waals surface area contributed by atoms with Crippen molar-refractivity contribution in [3.63, 3.8) is 0 Å². The lowest BCUT2D eigenvalue weighted by Crippen LogP contribution is -2.32. The van der Waals surface area contributed by atoms with E-state index in [2.05, 4.69) is 23.1 Å².